The molecule has 1 fully saturated rings. The number of nitrogens with zero attached hydrogens (tertiary/aromatic N) is 5. The van der Waals surface area contributed by atoms with Crippen LogP contribution in [0.2, 0.25) is 0 Å². The highest BCUT2D eigenvalue weighted by Crippen LogP contribution is 2.41. The molecule has 2 aromatic heterocycles. The van der Waals surface area contributed by atoms with Gasteiger partial charge in [-0.15, -0.1) is 0 Å². The fourth-order valence-electron chi connectivity index (χ4n) is 3.04. The number of aromatic nitrogens is 4. The van der Waals surface area contributed by atoms with Gasteiger partial charge in [-0.2, -0.15) is 15.0 Å². The Bertz CT molecular complexity index is 1070. The van der Waals surface area contributed by atoms with Crippen molar-refractivity contribution in [2.24, 2.45) is 0 Å². The van der Waals surface area contributed by atoms with Gasteiger partial charge in [0.05, 0.1) is 11.6 Å². The fourth-order valence-corrected chi connectivity index (χ4v) is 3.55. The Kier molecular flexibility index (Phi) is 4.92. The van der Waals surface area contributed by atoms with E-state index in [0.717, 1.165) is 4.47 Å². The monoisotopic (exact) mass is 436 g/mol. The molecule has 140 valence electrons. The van der Waals surface area contributed by atoms with Gasteiger partial charge in [-0.05, 0) is 61.6 Å². The van der Waals surface area contributed by atoms with E-state index in [1.54, 1.807) is 16.8 Å². The van der Waals surface area contributed by atoms with E-state index in [2.05, 4.69) is 42.4 Å². The molecule has 7 nitrogen and oxygen atoms in total. The number of amides is 1. The SMILES string of the molecule is C[C@H](NC(=O)c1cc(Br)cc(C2CC2)c1)c1ncnn1-c1ccc(C#N)cn1. The van der Waals surface area contributed by atoms with Crippen molar-refractivity contribution in [2.45, 2.75) is 31.7 Å². The molecule has 1 aromatic carbocycles. The lowest BCUT2D eigenvalue weighted by molar-refractivity contribution is 0.0937. The van der Waals surface area contributed by atoms with Gasteiger partial charge in [0.1, 0.15) is 12.4 Å². The average Bonchev–Trinajstić information content (AvgIpc) is 3.44. The predicted molar refractivity (Wildman–Crippen MR) is 106 cm³/mol. The largest absolute Gasteiger partial charge is 0.342 e. The van der Waals surface area contributed by atoms with Crippen molar-refractivity contribution in [3.63, 3.8) is 0 Å². The van der Waals surface area contributed by atoms with Gasteiger partial charge in [-0.25, -0.2) is 9.97 Å². The van der Waals surface area contributed by atoms with Crippen molar-refractivity contribution >= 4 is 21.8 Å². The van der Waals surface area contributed by atoms with Gasteiger partial charge < -0.3 is 5.32 Å². The lowest BCUT2D eigenvalue weighted by Gasteiger charge is -2.15. The van der Waals surface area contributed by atoms with Crippen LogP contribution in [0.3, 0.4) is 0 Å². The van der Waals surface area contributed by atoms with Crippen LogP contribution in [0.1, 0.15) is 59.0 Å². The number of benzene rings is 1. The van der Waals surface area contributed by atoms with Crippen LogP contribution in [0, 0.1) is 11.3 Å². The molecule has 4 rings (SSSR count). The standard InChI is InChI=1S/C20H17BrN6O/c1-12(19-24-11-25-27(19)18-5-2-13(9-22)10-23-18)26-20(28)16-6-15(14-3-4-14)7-17(21)8-16/h2,5-8,10-12,14H,3-4H2,1H3,(H,26,28)/t12-/m0/s1. The third-order valence-corrected chi connectivity index (χ3v) is 5.09. The molecule has 8 heteroatoms. The van der Waals surface area contributed by atoms with Gasteiger partial charge >= 0.3 is 0 Å². The number of carbonyl (C=O) groups excluding carboxylic acids is 1. The summed E-state index contributed by atoms with van der Waals surface area (Å²) in [5, 5.41) is 16.1. The molecule has 2 heterocycles. The topological polar surface area (TPSA) is 96.5 Å². The molecule has 0 radical (unpaired) electrons. The lowest BCUT2D eigenvalue weighted by Crippen LogP contribution is -2.29. The van der Waals surface area contributed by atoms with Crippen molar-refractivity contribution in [2.75, 3.05) is 0 Å². The molecule has 1 amide bonds. The summed E-state index contributed by atoms with van der Waals surface area (Å²) in [5.41, 5.74) is 2.27. The normalized spacial score (nSPS) is 14.3. The highest BCUT2D eigenvalue weighted by molar-refractivity contribution is 9.10. The van der Waals surface area contributed by atoms with Crippen molar-refractivity contribution in [1.29, 1.82) is 5.26 Å². The smallest absolute Gasteiger partial charge is 0.251 e. The van der Waals surface area contributed by atoms with Crippen LogP contribution >= 0.6 is 15.9 Å². The zero-order valence-electron chi connectivity index (χ0n) is 15.1. The summed E-state index contributed by atoms with van der Waals surface area (Å²) in [6, 6.07) is 10.9. The van der Waals surface area contributed by atoms with Crippen LogP contribution in [-0.4, -0.2) is 25.7 Å². The van der Waals surface area contributed by atoms with Gasteiger partial charge in [0.25, 0.3) is 5.91 Å². The van der Waals surface area contributed by atoms with Gasteiger partial charge in [-0.3, -0.25) is 4.79 Å². The van der Waals surface area contributed by atoms with Crippen LogP contribution in [-0.2, 0) is 0 Å². The quantitative estimate of drug-likeness (QED) is 0.657. The maximum atomic E-state index is 12.8. The minimum Gasteiger partial charge on any atom is -0.342 e. The predicted octanol–water partition coefficient (Wildman–Crippen LogP) is 3.66. The first-order valence-electron chi connectivity index (χ1n) is 8.93. The fraction of sp³-hybridized carbons (Fsp3) is 0.250. The Balaban J connectivity index is 1.54. The van der Waals surface area contributed by atoms with Gasteiger partial charge in [-0.1, -0.05) is 15.9 Å². The van der Waals surface area contributed by atoms with Gasteiger partial charge in [0.2, 0.25) is 0 Å². The zero-order chi connectivity index (χ0) is 19.7. The summed E-state index contributed by atoms with van der Waals surface area (Å²) in [5.74, 6) is 1.49. The number of halogens is 1. The lowest BCUT2D eigenvalue weighted by atomic mass is 10.1. The van der Waals surface area contributed by atoms with Gasteiger partial charge in [0.15, 0.2) is 11.6 Å². The third-order valence-electron chi connectivity index (χ3n) is 4.63. The van der Waals surface area contributed by atoms with Crippen molar-refractivity contribution < 1.29 is 4.79 Å². The van der Waals surface area contributed by atoms with Crippen molar-refractivity contribution in [3.8, 4) is 11.9 Å². The number of nitriles is 1. The molecule has 1 N–H and O–H groups in total. The summed E-state index contributed by atoms with van der Waals surface area (Å²) in [6.07, 6.45) is 5.25. The highest BCUT2D eigenvalue weighted by atomic mass is 79.9. The maximum Gasteiger partial charge on any atom is 0.251 e. The van der Waals surface area contributed by atoms with E-state index in [1.165, 1.54) is 30.9 Å². The van der Waals surface area contributed by atoms with E-state index in [0.29, 0.717) is 28.7 Å². The summed E-state index contributed by atoms with van der Waals surface area (Å²) in [6.45, 7) is 1.85. The summed E-state index contributed by atoms with van der Waals surface area (Å²) < 4.78 is 2.46. The molecule has 1 saturated carbocycles. The number of carbonyl (C=O) groups is 1. The molecule has 1 atom stereocenters. The van der Waals surface area contributed by atoms with Crippen LogP contribution in [0.4, 0.5) is 0 Å². The first-order chi connectivity index (χ1) is 13.5. The molecule has 0 unspecified atom stereocenters. The van der Waals surface area contributed by atoms with E-state index < -0.39 is 0 Å². The Labute approximate surface area is 170 Å². The second-order valence-corrected chi connectivity index (χ2v) is 7.71. The van der Waals surface area contributed by atoms with Crippen LogP contribution in [0.25, 0.3) is 5.82 Å². The molecule has 0 spiro atoms. The highest BCUT2D eigenvalue weighted by Gasteiger charge is 2.25. The zero-order valence-corrected chi connectivity index (χ0v) is 16.7. The molecule has 0 bridgehead atoms. The molecular weight excluding hydrogens is 420 g/mol. The number of hydrogen-bond donors (Lipinski definition) is 1. The molecule has 0 saturated heterocycles. The van der Waals surface area contributed by atoms with Crippen molar-refractivity contribution in [3.05, 3.63) is 69.8 Å². The minimum atomic E-state index is -0.379. The molecular formula is C20H17BrN6O. The number of rotatable bonds is 5. The van der Waals surface area contributed by atoms with Gasteiger partial charge in [0, 0.05) is 16.2 Å². The van der Waals surface area contributed by atoms with E-state index in [1.807, 2.05) is 25.1 Å². The maximum absolute atomic E-state index is 12.8. The Morgan fingerprint density at radius 2 is 2.14 bits per heavy atom. The Hall–Kier alpha value is -3.05. The van der Waals surface area contributed by atoms with Crippen LogP contribution in [0.5, 0.6) is 0 Å². The van der Waals surface area contributed by atoms with E-state index >= 15 is 0 Å². The second-order valence-electron chi connectivity index (χ2n) is 6.79. The Morgan fingerprint density at radius 3 is 2.82 bits per heavy atom. The summed E-state index contributed by atoms with van der Waals surface area (Å²) in [7, 11) is 0. The number of hydrogen-bond acceptors (Lipinski definition) is 5. The first-order valence-corrected chi connectivity index (χ1v) is 9.72. The van der Waals surface area contributed by atoms with E-state index in [9.17, 15) is 4.79 Å². The molecule has 0 aliphatic heterocycles. The molecule has 1 aliphatic carbocycles. The van der Waals surface area contributed by atoms with Crippen molar-refractivity contribution in [1.82, 2.24) is 25.1 Å². The third kappa shape index (κ3) is 3.80. The van der Waals surface area contributed by atoms with E-state index in [-0.39, 0.29) is 11.9 Å². The first kappa shape index (κ1) is 18.3. The molecule has 3 aromatic rings. The molecule has 28 heavy (non-hydrogen) atoms. The Morgan fingerprint density at radius 1 is 1.32 bits per heavy atom. The van der Waals surface area contributed by atoms with Crippen LogP contribution in [0.15, 0.2) is 47.3 Å². The summed E-state index contributed by atoms with van der Waals surface area (Å²) in [4.78, 5) is 21.3. The number of nitrogens with one attached hydrogen (secondary N) is 1. The van der Waals surface area contributed by atoms with E-state index in [4.69, 9.17) is 5.26 Å². The number of pyridine rings is 1. The average molecular weight is 437 g/mol. The minimum absolute atomic E-state index is 0.168. The van der Waals surface area contributed by atoms with Crippen LogP contribution < -0.4 is 5.32 Å². The second kappa shape index (κ2) is 7.52. The summed E-state index contributed by atoms with van der Waals surface area (Å²) >= 11 is 3.50. The molecule has 1 aliphatic rings.